The van der Waals surface area contributed by atoms with Gasteiger partial charge in [-0.25, -0.2) is 0 Å². The smallest absolute Gasteiger partial charge is 0.133 e. The molecule has 0 bridgehead atoms. The van der Waals surface area contributed by atoms with Gasteiger partial charge in [-0.05, 0) is 78.5 Å². The van der Waals surface area contributed by atoms with Crippen LogP contribution in [-0.2, 0) is 12.8 Å². The molecule has 0 spiro atoms. The van der Waals surface area contributed by atoms with Gasteiger partial charge in [-0.3, -0.25) is 0 Å². The number of aryl methyl sites for hydroxylation is 2. The van der Waals surface area contributed by atoms with Gasteiger partial charge in [0.2, 0.25) is 0 Å². The lowest BCUT2D eigenvalue weighted by molar-refractivity contribution is 0.338. The molecule has 0 amide bonds. The first-order chi connectivity index (χ1) is 10.2. The van der Waals surface area contributed by atoms with Crippen molar-refractivity contribution in [3.8, 4) is 5.75 Å². The molecular weight excluding hydrogens is 346 g/mol. The van der Waals surface area contributed by atoms with Gasteiger partial charge in [0.15, 0.2) is 0 Å². The molecule has 0 aliphatic heterocycles. The minimum absolute atomic E-state index is 0.257. The van der Waals surface area contributed by atoms with Crippen LogP contribution in [0.15, 0.2) is 28.7 Å². The Labute approximate surface area is 138 Å². The van der Waals surface area contributed by atoms with E-state index >= 15 is 0 Å². The van der Waals surface area contributed by atoms with E-state index in [1.54, 1.807) is 10.4 Å². The van der Waals surface area contributed by atoms with Crippen molar-refractivity contribution in [1.29, 1.82) is 0 Å². The largest absolute Gasteiger partial charge is 0.493 e. The summed E-state index contributed by atoms with van der Waals surface area (Å²) in [5.74, 6) is 0.907. The molecule has 1 aromatic carbocycles. The number of thiophene rings is 1. The Morgan fingerprint density at radius 2 is 2.19 bits per heavy atom. The maximum absolute atomic E-state index is 5.60. The van der Waals surface area contributed by atoms with Crippen LogP contribution in [-0.4, -0.2) is 13.7 Å². The summed E-state index contributed by atoms with van der Waals surface area (Å²) in [5, 5.41) is 3.45. The molecule has 1 N–H and O–H groups in total. The second-order valence-corrected chi connectivity index (χ2v) is 7.32. The average molecular weight is 366 g/mol. The maximum Gasteiger partial charge on any atom is 0.133 e. The summed E-state index contributed by atoms with van der Waals surface area (Å²) in [5.41, 5.74) is 2.83. The zero-order valence-electron chi connectivity index (χ0n) is 12.4. The molecule has 1 aliphatic rings. The summed E-state index contributed by atoms with van der Waals surface area (Å²) >= 11 is 5.57. The van der Waals surface area contributed by atoms with Crippen molar-refractivity contribution in [1.82, 2.24) is 5.32 Å². The van der Waals surface area contributed by atoms with Gasteiger partial charge in [0.1, 0.15) is 5.75 Å². The van der Waals surface area contributed by atoms with Crippen LogP contribution < -0.4 is 10.1 Å². The van der Waals surface area contributed by atoms with Crippen LogP contribution >= 0.6 is 27.3 Å². The molecule has 1 aliphatic carbocycles. The Morgan fingerprint density at radius 1 is 1.33 bits per heavy atom. The second kappa shape index (κ2) is 6.51. The second-order valence-electron chi connectivity index (χ2n) is 5.30. The molecule has 2 nitrogen and oxygen atoms in total. The fraction of sp³-hybridized carbons (Fsp3) is 0.412. The van der Waals surface area contributed by atoms with Crippen molar-refractivity contribution in [2.75, 3.05) is 13.7 Å². The SMILES string of the molecule is CCOc1ccc(C(NC)c2cc3c(s2)CCC3)cc1Br. The molecule has 3 rings (SSSR count). The predicted octanol–water partition coefficient (Wildman–Crippen LogP) is 4.71. The molecule has 1 heterocycles. The summed E-state index contributed by atoms with van der Waals surface area (Å²) in [6, 6.07) is 9.01. The molecule has 1 atom stereocenters. The fourth-order valence-electron chi connectivity index (χ4n) is 2.94. The van der Waals surface area contributed by atoms with Crippen molar-refractivity contribution >= 4 is 27.3 Å². The molecule has 2 aromatic rings. The molecular formula is C17H20BrNOS. The first kappa shape index (κ1) is 15.1. The third-order valence-corrected chi connectivity index (χ3v) is 5.85. The van der Waals surface area contributed by atoms with Crippen LogP contribution in [0, 0.1) is 0 Å². The van der Waals surface area contributed by atoms with Crippen molar-refractivity contribution in [2.24, 2.45) is 0 Å². The molecule has 112 valence electrons. The summed E-state index contributed by atoms with van der Waals surface area (Å²) in [7, 11) is 2.03. The van der Waals surface area contributed by atoms with E-state index in [9.17, 15) is 0 Å². The molecule has 0 saturated heterocycles. The number of nitrogens with one attached hydrogen (secondary N) is 1. The number of benzene rings is 1. The maximum atomic E-state index is 5.60. The Morgan fingerprint density at radius 3 is 2.86 bits per heavy atom. The van der Waals surface area contributed by atoms with E-state index < -0.39 is 0 Å². The summed E-state index contributed by atoms with van der Waals surface area (Å²) in [6.45, 7) is 2.69. The average Bonchev–Trinajstić information content (AvgIpc) is 3.04. The number of ether oxygens (including phenoxy) is 1. The molecule has 1 aromatic heterocycles. The highest BCUT2D eigenvalue weighted by atomic mass is 79.9. The lowest BCUT2D eigenvalue weighted by Crippen LogP contribution is -2.16. The molecule has 0 radical (unpaired) electrons. The van der Waals surface area contributed by atoms with Crippen LogP contribution in [0.5, 0.6) is 5.75 Å². The molecule has 1 unspecified atom stereocenters. The lowest BCUT2D eigenvalue weighted by Gasteiger charge is -2.17. The Kier molecular flexibility index (Phi) is 4.67. The zero-order chi connectivity index (χ0) is 14.8. The van der Waals surface area contributed by atoms with Gasteiger partial charge in [0.25, 0.3) is 0 Å². The van der Waals surface area contributed by atoms with Crippen molar-refractivity contribution < 1.29 is 4.74 Å². The van der Waals surface area contributed by atoms with Crippen molar-refractivity contribution in [3.05, 3.63) is 49.6 Å². The molecule has 0 saturated carbocycles. The highest BCUT2D eigenvalue weighted by molar-refractivity contribution is 9.10. The van der Waals surface area contributed by atoms with Gasteiger partial charge in [0.05, 0.1) is 17.1 Å². The van der Waals surface area contributed by atoms with Gasteiger partial charge < -0.3 is 10.1 Å². The van der Waals surface area contributed by atoms with E-state index in [-0.39, 0.29) is 6.04 Å². The van der Waals surface area contributed by atoms with E-state index in [4.69, 9.17) is 4.74 Å². The van der Waals surface area contributed by atoms with E-state index in [1.165, 1.54) is 29.7 Å². The molecule has 0 fully saturated rings. The van der Waals surface area contributed by atoms with Gasteiger partial charge >= 0.3 is 0 Å². The Hall–Kier alpha value is -0.840. The normalized spacial score (nSPS) is 15.0. The first-order valence-electron chi connectivity index (χ1n) is 7.44. The fourth-order valence-corrected chi connectivity index (χ4v) is 4.84. The Balaban J connectivity index is 1.90. The van der Waals surface area contributed by atoms with Crippen molar-refractivity contribution in [3.63, 3.8) is 0 Å². The summed E-state index contributed by atoms with van der Waals surface area (Å²) in [6.07, 6.45) is 3.82. The minimum atomic E-state index is 0.257. The van der Waals surface area contributed by atoms with Crippen LogP contribution in [0.25, 0.3) is 0 Å². The third-order valence-electron chi connectivity index (χ3n) is 3.93. The monoisotopic (exact) mass is 365 g/mol. The van der Waals surface area contributed by atoms with E-state index in [0.717, 1.165) is 10.2 Å². The highest BCUT2D eigenvalue weighted by Crippen LogP contribution is 2.37. The van der Waals surface area contributed by atoms with Gasteiger partial charge in [-0.15, -0.1) is 11.3 Å². The quantitative estimate of drug-likeness (QED) is 0.828. The number of hydrogen-bond acceptors (Lipinski definition) is 3. The molecule has 21 heavy (non-hydrogen) atoms. The Bertz CT molecular complexity index is 616. The van der Waals surface area contributed by atoms with E-state index in [1.807, 2.05) is 25.3 Å². The van der Waals surface area contributed by atoms with E-state index in [2.05, 4.69) is 45.5 Å². The number of hydrogen-bond donors (Lipinski definition) is 1. The van der Waals surface area contributed by atoms with Crippen LogP contribution in [0.1, 0.15) is 40.3 Å². The predicted molar refractivity (Wildman–Crippen MR) is 92.6 cm³/mol. The van der Waals surface area contributed by atoms with Crippen molar-refractivity contribution in [2.45, 2.75) is 32.2 Å². The van der Waals surface area contributed by atoms with Gasteiger partial charge in [0, 0.05) is 9.75 Å². The lowest BCUT2D eigenvalue weighted by atomic mass is 10.0. The number of fused-ring (bicyclic) bond motifs is 1. The third kappa shape index (κ3) is 3.03. The van der Waals surface area contributed by atoms with Crippen LogP contribution in [0.4, 0.5) is 0 Å². The number of rotatable bonds is 5. The standard InChI is InChI=1S/C17H20BrNOS/c1-3-20-14-8-7-12(9-13(14)18)17(19-2)16-10-11-5-4-6-15(11)21-16/h7-10,17,19H,3-6H2,1-2H3. The van der Waals surface area contributed by atoms with Crippen LogP contribution in [0.2, 0.25) is 0 Å². The van der Waals surface area contributed by atoms with Crippen LogP contribution in [0.3, 0.4) is 0 Å². The molecule has 4 heteroatoms. The summed E-state index contributed by atoms with van der Waals surface area (Å²) < 4.78 is 6.62. The topological polar surface area (TPSA) is 21.3 Å². The highest BCUT2D eigenvalue weighted by Gasteiger charge is 2.21. The van der Waals surface area contributed by atoms with Gasteiger partial charge in [-0.2, -0.15) is 0 Å². The van der Waals surface area contributed by atoms with E-state index in [0.29, 0.717) is 6.61 Å². The zero-order valence-corrected chi connectivity index (χ0v) is 14.8. The van der Waals surface area contributed by atoms with Gasteiger partial charge in [-0.1, -0.05) is 6.07 Å². The number of halogens is 1. The summed E-state index contributed by atoms with van der Waals surface area (Å²) in [4.78, 5) is 2.99. The first-order valence-corrected chi connectivity index (χ1v) is 9.05. The minimum Gasteiger partial charge on any atom is -0.493 e.